The number of rotatable bonds is 2. The predicted octanol–water partition coefficient (Wildman–Crippen LogP) is -1.56. The summed E-state index contributed by atoms with van der Waals surface area (Å²) in [6, 6.07) is 0. The van der Waals surface area contributed by atoms with Crippen LogP contribution in [-0.4, -0.2) is 53.4 Å². The van der Waals surface area contributed by atoms with E-state index < -0.39 is 35.8 Å². The van der Waals surface area contributed by atoms with E-state index in [2.05, 4.69) is 15.0 Å². The Morgan fingerprint density at radius 1 is 1.62 bits per heavy atom. The molecule has 0 aliphatic carbocycles. The fourth-order valence-corrected chi connectivity index (χ4v) is 1.96. The molecule has 0 aromatic carbocycles. The zero-order valence-corrected chi connectivity index (χ0v) is 10.3. The number of aromatic nitrogens is 4. The molecule has 0 saturated carbocycles. The first-order valence-electron chi connectivity index (χ1n) is 5.70. The number of nitrogens with two attached hydrogens (primary N) is 1. The average molecular weight is 299 g/mol. The van der Waals surface area contributed by atoms with Crippen LogP contribution in [0.3, 0.4) is 0 Å². The minimum atomic E-state index is -2.90. The number of nitrogens with zero attached hydrogens (tertiary/aromatic N) is 3. The Hall–Kier alpha value is -2.66. The monoisotopic (exact) mass is 299 g/mol. The first kappa shape index (κ1) is 13.3. The molecule has 3 heterocycles. The first-order valence-corrected chi connectivity index (χ1v) is 5.70. The molecule has 11 heteroatoms. The second-order valence-electron chi connectivity index (χ2n) is 4.38. The van der Waals surface area contributed by atoms with Gasteiger partial charge in [0.05, 0.1) is 0 Å². The van der Waals surface area contributed by atoms with Crippen molar-refractivity contribution < 1.29 is 24.4 Å². The van der Waals surface area contributed by atoms with Crippen molar-refractivity contribution in [2.45, 2.75) is 12.0 Å². The number of H-pyrrole nitrogens is 1. The van der Waals surface area contributed by atoms with Gasteiger partial charge in [0, 0.05) is 0 Å². The summed E-state index contributed by atoms with van der Waals surface area (Å²) in [5.41, 5.74) is 4.54. The predicted molar refractivity (Wildman–Crippen MR) is 66.4 cm³/mol. The van der Waals surface area contributed by atoms with Crippen LogP contribution in [-0.2, 0) is 4.74 Å². The lowest BCUT2D eigenvalue weighted by Crippen LogP contribution is -2.40. The zero-order valence-electron chi connectivity index (χ0n) is 10.3. The Labute approximate surface area is 114 Å². The summed E-state index contributed by atoms with van der Waals surface area (Å²) >= 11 is 0. The second kappa shape index (κ2) is 4.17. The largest absolute Gasteiger partial charge is 0.505 e. The maximum atomic E-state index is 14.0. The van der Waals surface area contributed by atoms with Crippen LogP contribution in [0.2, 0.25) is 0 Å². The van der Waals surface area contributed by atoms with Crippen LogP contribution in [0.4, 0.5) is 10.3 Å². The summed E-state index contributed by atoms with van der Waals surface area (Å²) in [5, 5.41) is 28.2. The highest BCUT2D eigenvalue weighted by Crippen LogP contribution is 2.37. The Morgan fingerprint density at radius 2 is 2.33 bits per heavy atom. The van der Waals surface area contributed by atoms with Gasteiger partial charge in [-0.15, -0.1) is 0 Å². The summed E-state index contributed by atoms with van der Waals surface area (Å²) in [7, 11) is 0. The molecule has 0 amide bonds. The summed E-state index contributed by atoms with van der Waals surface area (Å²) < 4.78 is 19.7. The fourth-order valence-electron chi connectivity index (χ4n) is 1.96. The van der Waals surface area contributed by atoms with Gasteiger partial charge >= 0.3 is 5.85 Å². The van der Waals surface area contributed by atoms with E-state index in [1.807, 2.05) is 0 Å². The van der Waals surface area contributed by atoms with Crippen LogP contribution in [0.25, 0.3) is 17.0 Å². The minimum absolute atomic E-state index is 0.104. The van der Waals surface area contributed by atoms with E-state index in [1.165, 1.54) is 0 Å². The maximum absolute atomic E-state index is 14.0. The number of aliphatic hydroxyl groups excluding tert-OH is 3. The van der Waals surface area contributed by atoms with Crippen LogP contribution in [0.5, 0.6) is 0 Å². The van der Waals surface area contributed by atoms with Gasteiger partial charge in [0.1, 0.15) is 12.9 Å². The van der Waals surface area contributed by atoms with Crippen molar-refractivity contribution in [3.05, 3.63) is 22.4 Å². The van der Waals surface area contributed by atoms with Crippen molar-refractivity contribution in [2.75, 3.05) is 12.3 Å². The highest BCUT2D eigenvalue weighted by molar-refractivity contribution is 5.74. The molecule has 6 N–H and O–H groups in total. The molecule has 1 aliphatic rings. The number of imidazole rings is 1. The number of nitrogens with one attached hydrogen (secondary N) is 1. The van der Waals surface area contributed by atoms with Crippen LogP contribution in [0, 0.1) is 0 Å². The van der Waals surface area contributed by atoms with Gasteiger partial charge in [-0.2, -0.15) is 9.37 Å². The summed E-state index contributed by atoms with van der Waals surface area (Å²) in [5.74, 6) is -4.53. The number of anilines is 1. The van der Waals surface area contributed by atoms with E-state index in [4.69, 9.17) is 15.6 Å². The highest BCUT2D eigenvalue weighted by atomic mass is 19.2. The number of aliphatic hydroxyl groups is 3. The molecule has 3 rings (SSSR count). The zero-order chi connectivity index (χ0) is 15.4. The number of aromatic amines is 1. The number of fused-ring (bicyclic) bond motifs is 1. The minimum Gasteiger partial charge on any atom is -0.505 e. The van der Waals surface area contributed by atoms with Crippen LogP contribution in [0.15, 0.2) is 16.9 Å². The normalized spacial score (nSPS) is 25.6. The maximum Gasteiger partial charge on any atom is 0.305 e. The third kappa shape index (κ3) is 1.75. The van der Waals surface area contributed by atoms with E-state index in [1.54, 1.807) is 0 Å². The summed E-state index contributed by atoms with van der Waals surface area (Å²) in [6.07, 6.45) is -1.05. The van der Waals surface area contributed by atoms with Gasteiger partial charge < -0.3 is 25.8 Å². The standard InChI is InChI=1S/C10H10FN5O5/c11-10(1-17)5(19)4(18)8(21-10)16-2-13-3-6(16)14-9(12)15-7(3)20/h2,5,17-19H,1H2,(H3,12,14,15,20)/t5-,10+/m0/s1. The Morgan fingerprint density at radius 3 is 2.95 bits per heavy atom. The molecule has 21 heavy (non-hydrogen) atoms. The second-order valence-corrected chi connectivity index (χ2v) is 4.38. The quantitative estimate of drug-likeness (QED) is 0.445. The van der Waals surface area contributed by atoms with Gasteiger partial charge in [0.2, 0.25) is 11.8 Å². The summed E-state index contributed by atoms with van der Waals surface area (Å²) in [4.78, 5) is 21.4. The molecule has 0 spiro atoms. The van der Waals surface area contributed by atoms with E-state index in [0.717, 1.165) is 10.9 Å². The van der Waals surface area contributed by atoms with Gasteiger partial charge in [-0.25, -0.2) is 9.55 Å². The van der Waals surface area contributed by atoms with Gasteiger partial charge in [-0.1, -0.05) is 0 Å². The Balaban J connectivity index is 2.20. The molecule has 2 aromatic heterocycles. The third-order valence-corrected chi connectivity index (χ3v) is 3.01. The van der Waals surface area contributed by atoms with Crippen LogP contribution in [0.1, 0.15) is 0 Å². The lowest BCUT2D eigenvalue weighted by atomic mass is 10.2. The number of hydrogen-bond acceptors (Lipinski definition) is 8. The molecule has 10 nitrogen and oxygen atoms in total. The number of ether oxygens (including phenoxy) is 1. The van der Waals surface area contributed by atoms with Gasteiger partial charge in [-0.05, 0) is 0 Å². The van der Waals surface area contributed by atoms with Gasteiger partial charge in [0.25, 0.3) is 5.56 Å². The topological polar surface area (TPSA) is 160 Å². The van der Waals surface area contributed by atoms with Crippen molar-refractivity contribution in [3.63, 3.8) is 0 Å². The molecular weight excluding hydrogens is 289 g/mol. The molecule has 2 atom stereocenters. The number of nitrogen functional groups attached to an aromatic ring is 1. The van der Waals surface area contributed by atoms with Gasteiger partial charge in [0.15, 0.2) is 23.0 Å². The van der Waals surface area contributed by atoms with Crippen LogP contribution < -0.4 is 11.3 Å². The Kier molecular flexibility index (Phi) is 2.64. The fraction of sp³-hybridized carbons (Fsp3) is 0.300. The van der Waals surface area contributed by atoms with Crippen molar-refractivity contribution in [1.29, 1.82) is 0 Å². The van der Waals surface area contributed by atoms with Crippen molar-refractivity contribution in [3.8, 4) is 0 Å². The molecule has 112 valence electrons. The number of hydrogen-bond donors (Lipinski definition) is 5. The lowest BCUT2D eigenvalue weighted by Gasteiger charge is -2.20. The van der Waals surface area contributed by atoms with Gasteiger partial charge in [-0.3, -0.25) is 9.78 Å². The summed E-state index contributed by atoms with van der Waals surface area (Å²) in [6.45, 7) is -1.19. The highest BCUT2D eigenvalue weighted by Gasteiger charge is 2.51. The molecule has 0 saturated heterocycles. The van der Waals surface area contributed by atoms with E-state index in [9.17, 15) is 19.4 Å². The SMILES string of the molecule is Nc1nc2c(ncn2C2=C(O)[C@H](O)[C@@](F)(CO)O2)c(=O)[nH]1. The third-order valence-electron chi connectivity index (χ3n) is 3.01. The first-order chi connectivity index (χ1) is 9.87. The van der Waals surface area contributed by atoms with E-state index in [0.29, 0.717) is 0 Å². The molecule has 2 aromatic rings. The molecule has 1 aliphatic heterocycles. The molecule has 0 unspecified atom stereocenters. The van der Waals surface area contributed by atoms with E-state index in [-0.39, 0.29) is 17.1 Å². The average Bonchev–Trinajstić information content (AvgIpc) is 2.95. The molecular formula is C10H10FN5O5. The molecule has 0 radical (unpaired) electrons. The Bertz CT molecular complexity index is 814. The van der Waals surface area contributed by atoms with E-state index >= 15 is 0 Å². The van der Waals surface area contributed by atoms with Crippen molar-refractivity contribution >= 4 is 23.0 Å². The molecule has 0 fully saturated rings. The smallest absolute Gasteiger partial charge is 0.305 e. The van der Waals surface area contributed by atoms with Crippen LogP contribution >= 0.6 is 0 Å². The van der Waals surface area contributed by atoms with Crippen molar-refractivity contribution in [2.24, 2.45) is 0 Å². The lowest BCUT2D eigenvalue weighted by molar-refractivity contribution is -0.166. The number of halogens is 1. The number of alkyl halides is 1. The molecule has 0 bridgehead atoms. The van der Waals surface area contributed by atoms with Crippen molar-refractivity contribution in [1.82, 2.24) is 19.5 Å².